The Bertz CT molecular complexity index is 159. The molecular weight excluding hydrogens is 179 g/mol. The van der Waals surface area contributed by atoms with Crippen LogP contribution in [0.2, 0.25) is 0 Å². The summed E-state index contributed by atoms with van der Waals surface area (Å²) in [4.78, 5) is 10.1. The number of alkyl halides is 3. The quantitative estimate of drug-likeness (QED) is 0.559. The summed E-state index contributed by atoms with van der Waals surface area (Å²) < 4.78 is 34.4. The van der Waals surface area contributed by atoms with Crippen LogP contribution in [0.1, 0.15) is 0 Å². The average molecular weight is 187 g/mol. The molecule has 0 aromatic rings. The summed E-state index contributed by atoms with van der Waals surface area (Å²) >= 11 is 0. The lowest BCUT2D eigenvalue weighted by Crippen LogP contribution is -2.44. The fourth-order valence-corrected chi connectivity index (χ4v) is 0.469. The van der Waals surface area contributed by atoms with Crippen LogP contribution in [0, 0.1) is 0 Å². The highest BCUT2D eigenvalue weighted by Gasteiger charge is 2.29. The van der Waals surface area contributed by atoms with E-state index in [-0.39, 0.29) is 0 Å². The lowest BCUT2D eigenvalue weighted by Gasteiger charge is -2.12. The monoisotopic (exact) mass is 187 g/mol. The van der Waals surface area contributed by atoms with E-state index in [2.05, 4.69) is 0 Å². The average Bonchev–Trinajstić information content (AvgIpc) is 1.85. The fourth-order valence-electron chi connectivity index (χ4n) is 0.469. The Balaban J connectivity index is 3.81. The van der Waals surface area contributed by atoms with E-state index in [1.54, 1.807) is 5.32 Å². The van der Waals surface area contributed by atoms with Gasteiger partial charge in [0.1, 0.15) is 6.04 Å². The lowest BCUT2D eigenvalue weighted by atomic mass is 10.3. The fraction of sp³-hybridized carbons (Fsp3) is 0.800. The minimum absolute atomic E-state index is 0.870. The van der Waals surface area contributed by atoms with E-state index in [0.717, 1.165) is 0 Å². The van der Waals surface area contributed by atoms with Crippen molar-refractivity contribution in [3.05, 3.63) is 0 Å². The molecule has 7 heteroatoms. The first kappa shape index (κ1) is 11.2. The van der Waals surface area contributed by atoms with Gasteiger partial charge in [0.2, 0.25) is 0 Å². The summed E-state index contributed by atoms with van der Waals surface area (Å²) in [5.74, 6) is -1.51. The van der Waals surface area contributed by atoms with Gasteiger partial charge in [0.05, 0.1) is 13.2 Å². The molecule has 0 unspecified atom stereocenters. The number of halogens is 3. The Hall–Kier alpha value is -0.820. The van der Waals surface area contributed by atoms with E-state index in [4.69, 9.17) is 10.2 Å². The molecule has 0 aliphatic heterocycles. The molecule has 0 rings (SSSR count). The van der Waals surface area contributed by atoms with Crippen molar-refractivity contribution in [2.75, 3.05) is 13.2 Å². The highest BCUT2D eigenvalue weighted by atomic mass is 19.4. The Morgan fingerprint density at radius 2 is 2.00 bits per heavy atom. The first-order chi connectivity index (χ1) is 5.37. The minimum atomic E-state index is -4.47. The molecule has 0 bridgehead atoms. The third-order valence-electron chi connectivity index (χ3n) is 1.03. The summed E-state index contributed by atoms with van der Waals surface area (Å²) in [6, 6.07) is -1.56. The van der Waals surface area contributed by atoms with Gasteiger partial charge in [-0.25, -0.2) is 0 Å². The molecule has 0 aromatic carbocycles. The third kappa shape index (κ3) is 4.91. The SMILES string of the molecule is O=C(O)[C@H](CO)NCC(F)(F)F. The Kier molecular flexibility index (Phi) is 3.98. The summed E-state index contributed by atoms with van der Waals surface area (Å²) in [6.45, 7) is -2.30. The van der Waals surface area contributed by atoms with Crippen LogP contribution in [-0.4, -0.2) is 41.6 Å². The van der Waals surface area contributed by atoms with Gasteiger partial charge in [0, 0.05) is 0 Å². The minimum Gasteiger partial charge on any atom is -0.480 e. The highest BCUT2D eigenvalue weighted by molar-refractivity contribution is 5.73. The maximum absolute atomic E-state index is 11.5. The molecule has 12 heavy (non-hydrogen) atoms. The van der Waals surface area contributed by atoms with Gasteiger partial charge < -0.3 is 10.2 Å². The van der Waals surface area contributed by atoms with Crippen molar-refractivity contribution in [3.8, 4) is 0 Å². The smallest absolute Gasteiger partial charge is 0.401 e. The summed E-state index contributed by atoms with van der Waals surface area (Å²) in [5.41, 5.74) is 0. The number of nitrogens with one attached hydrogen (secondary N) is 1. The highest BCUT2D eigenvalue weighted by Crippen LogP contribution is 2.12. The van der Waals surface area contributed by atoms with Crippen LogP contribution in [0.3, 0.4) is 0 Å². The molecule has 0 aliphatic carbocycles. The predicted molar refractivity (Wildman–Crippen MR) is 32.6 cm³/mol. The summed E-state index contributed by atoms with van der Waals surface area (Å²) in [5, 5.41) is 18.1. The van der Waals surface area contributed by atoms with E-state index in [0.29, 0.717) is 0 Å². The number of aliphatic carboxylic acids is 1. The van der Waals surface area contributed by atoms with Gasteiger partial charge in [-0.2, -0.15) is 13.2 Å². The molecule has 0 saturated heterocycles. The standard InChI is InChI=1S/C5H8F3NO3/c6-5(7,8)2-9-3(1-10)4(11)12/h3,9-10H,1-2H2,(H,11,12)/t3-/m0/s1. The van der Waals surface area contributed by atoms with Gasteiger partial charge in [0.15, 0.2) is 0 Å². The van der Waals surface area contributed by atoms with Crippen LogP contribution in [0.5, 0.6) is 0 Å². The molecular formula is C5H8F3NO3. The lowest BCUT2D eigenvalue weighted by molar-refractivity contribution is -0.144. The zero-order valence-electron chi connectivity index (χ0n) is 5.93. The van der Waals surface area contributed by atoms with Crippen LogP contribution >= 0.6 is 0 Å². The molecule has 3 N–H and O–H groups in total. The maximum atomic E-state index is 11.5. The van der Waals surface area contributed by atoms with E-state index < -0.39 is 31.3 Å². The molecule has 0 aromatic heterocycles. The van der Waals surface area contributed by atoms with E-state index in [1.165, 1.54) is 0 Å². The Morgan fingerprint density at radius 1 is 1.50 bits per heavy atom. The topological polar surface area (TPSA) is 69.6 Å². The van der Waals surface area contributed by atoms with Crippen LogP contribution in [0.15, 0.2) is 0 Å². The van der Waals surface area contributed by atoms with E-state index in [1.807, 2.05) is 0 Å². The number of carboxylic acid groups (broad SMARTS) is 1. The number of hydrogen-bond donors (Lipinski definition) is 3. The van der Waals surface area contributed by atoms with Crippen LogP contribution in [-0.2, 0) is 4.79 Å². The number of rotatable bonds is 4. The molecule has 0 aliphatic rings. The largest absolute Gasteiger partial charge is 0.480 e. The van der Waals surface area contributed by atoms with Crippen molar-refractivity contribution < 1.29 is 28.2 Å². The van der Waals surface area contributed by atoms with Gasteiger partial charge in [-0.05, 0) is 0 Å². The van der Waals surface area contributed by atoms with Crippen molar-refractivity contribution in [3.63, 3.8) is 0 Å². The second-order valence-corrected chi connectivity index (χ2v) is 2.07. The molecule has 0 radical (unpaired) electrons. The first-order valence-electron chi connectivity index (χ1n) is 3.00. The molecule has 0 heterocycles. The Morgan fingerprint density at radius 3 is 2.25 bits per heavy atom. The molecule has 72 valence electrons. The van der Waals surface area contributed by atoms with Crippen molar-refractivity contribution in [2.24, 2.45) is 0 Å². The Labute approximate surface area is 66.0 Å². The van der Waals surface area contributed by atoms with E-state index >= 15 is 0 Å². The number of carboxylic acids is 1. The molecule has 0 spiro atoms. The zero-order chi connectivity index (χ0) is 9.78. The second-order valence-electron chi connectivity index (χ2n) is 2.07. The molecule has 1 atom stereocenters. The van der Waals surface area contributed by atoms with Gasteiger partial charge in [-0.1, -0.05) is 0 Å². The maximum Gasteiger partial charge on any atom is 0.401 e. The van der Waals surface area contributed by atoms with Crippen LogP contribution in [0.4, 0.5) is 13.2 Å². The second kappa shape index (κ2) is 4.27. The summed E-state index contributed by atoms with van der Waals surface area (Å²) in [7, 11) is 0. The molecule has 0 saturated carbocycles. The normalized spacial score (nSPS) is 14.3. The van der Waals surface area contributed by atoms with E-state index in [9.17, 15) is 18.0 Å². The molecule has 0 amide bonds. The van der Waals surface area contributed by atoms with Gasteiger partial charge in [-0.15, -0.1) is 0 Å². The first-order valence-corrected chi connectivity index (χ1v) is 3.00. The number of carbonyl (C=O) groups is 1. The van der Waals surface area contributed by atoms with Gasteiger partial charge in [0.25, 0.3) is 0 Å². The van der Waals surface area contributed by atoms with Crippen molar-refractivity contribution in [1.82, 2.24) is 5.32 Å². The van der Waals surface area contributed by atoms with Crippen molar-refractivity contribution in [1.29, 1.82) is 0 Å². The van der Waals surface area contributed by atoms with Gasteiger partial charge in [-0.3, -0.25) is 10.1 Å². The molecule has 4 nitrogen and oxygen atoms in total. The van der Waals surface area contributed by atoms with Crippen LogP contribution < -0.4 is 5.32 Å². The number of hydrogen-bond acceptors (Lipinski definition) is 3. The predicted octanol–water partition coefficient (Wildman–Crippen LogP) is -0.416. The van der Waals surface area contributed by atoms with Crippen molar-refractivity contribution in [2.45, 2.75) is 12.2 Å². The van der Waals surface area contributed by atoms with Crippen LogP contribution in [0.25, 0.3) is 0 Å². The number of aliphatic hydroxyl groups excluding tert-OH is 1. The number of aliphatic hydroxyl groups is 1. The van der Waals surface area contributed by atoms with Crippen molar-refractivity contribution >= 4 is 5.97 Å². The molecule has 0 fully saturated rings. The third-order valence-corrected chi connectivity index (χ3v) is 1.03. The summed E-state index contributed by atoms with van der Waals surface area (Å²) in [6.07, 6.45) is -4.47. The zero-order valence-corrected chi connectivity index (χ0v) is 5.93. The van der Waals surface area contributed by atoms with Gasteiger partial charge >= 0.3 is 12.1 Å².